The highest BCUT2D eigenvalue weighted by Crippen LogP contribution is 2.43. The van der Waals surface area contributed by atoms with E-state index < -0.39 is 12.1 Å². The van der Waals surface area contributed by atoms with Crippen molar-refractivity contribution >= 4 is 39.2 Å². The number of amides is 1. The van der Waals surface area contributed by atoms with Gasteiger partial charge in [-0.1, -0.05) is 28.1 Å². The average Bonchev–Trinajstić information content (AvgIpc) is 2.80. The number of fused-ring (bicyclic) bond motifs is 1. The highest BCUT2D eigenvalue weighted by molar-refractivity contribution is 9.10. The standard InChI is InChI=1S/C26H25BrN2O5/c1-4-33-22-13-19(20(27)14-23(22)34-15(2)3)24-28-21-8-6-5-7-18(21)25(30)29(24)17-11-9-16(10-12-17)26(31)32/h5-15,24,28H,4H2,1-3H3,(H,31,32)/t24-/m1/s1. The molecular formula is C26H25BrN2O5. The average molecular weight is 525 g/mol. The molecular weight excluding hydrogens is 500 g/mol. The number of nitrogens with zero attached hydrogens (tertiary/aromatic N) is 1. The third-order valence-corrected chi connectivity index (χ3v) is 6.03. The van der Waals surface area contributed by atoms with E-state index in [1.807, 2.05) is 51.1 Å². The van der Waals surface area contributed by atoms with Crippen LogP contribution < -0.4 is 19.7 Å². The molecule has 0 fully saturated rings. The highest BCUT2D eigenvalue weighted by atomic mass is 79.9. The highest BCUT2D eigenvalue weighted by Gasteiger charge is 2.35. The summed E-state index contributed by atoms with van der Waals surface area (Å²) >= 11 is 3.66. The fourth-order valence-corrected chi connectivity index (χ4v) is 4.42. The number of nitrogens with one attached hydrogen (secondary N) is 1. The van der Waals surface area contributed by atoms with E-state index >= 15 is 0 Å². The lowest BCUT2D eigenvalue weighted by molar-refractivity contribution is 0.0696. The van der Waals surface area contributed by atoms with E-state index in [1.54, 1.807) is 23.1 Å². The molecule has 0 spiro atoms. The predicted molar refractivity (Wildman–Crippen MR) is 134 cm³/mol. The van der Waals surface area contributed by atoms with Crippen molar-refractivity contribution in [2.45, 2.75) is 33.0 Å². The number of ether oxygens (including phenoxy) is 2. The monoisotopic (exact) mass is 524 g/mol. The van der Waals surface area contributed by atoms with Crippen LogP contribution in [0, 0.1) is 0 Å². The molecule has 2 N–H and O–H groups in total. The van der Waals surface area contributed by atoms with Crippen molar-refractivity contribution in [1.29, 1.82) is 0 Å². The number of carbonyl (C=O) groups is 2. The molecule has 3 aromatic rings. The van der Waals surface area contributed by atoms with Gasteiger partial charge in [0.05, 0.1) is 23.8 Å². The van der Waals surface area contributed by atoms with Crippen LogP contribution in [0.25, 0.3) is 0 Å². The van der Waals surface area contributed by atoms with Crippen LogP contribution in [0.1, 0.15) is 53.2 Å². The second-order valence-corrected chi connectivity index (χ2v) is 8.89. The van der Waals surface area contributed by atoms with E-state index in [4.69, 9.17) is 9.47 Å². The smallest absolute Gasteiger partial charge is 0.335 e. The molecule has 1 aliphatic rings. The SMILES string of the molecule is CCOc1cc([C@@H]2Nc3ccccc3C(=O)N2c2ccc(C(=O)O)cc2)c(Br)cc1OC(C)C. The van der Waals surface area contributed by atoms with Gasteiger partial charge in [0.15, 0.2) is 11.5 Å². The first kappa shape index (κ1) is 23.6. The molecule has 0 aliphatic carbocycles. The number of halogens is 1. The number of hydrogen-bond donors (Lipinski definition) is 2. The summed E-state index contributed by atoms with van der Waals surface area (Å²) < 4.78 is 12.5. The van der Waals surface area contributed by atoms with E-state index in [9.17, 15) is 14.7 Å². The summed E-state index contributed by atoms with van der Waals surface area (Å²) in [6.07, 6.45) is -0.623. The lowest BCUT2D eigenvalue weighted by Crippen LogP contribution is -2.43. The Morgan fingerprint density at radius 3 is 2.47 bits per heavy atom. The summed E-state index contributed by atoms with van der Waals surface area (Å²) in [6, 6.07) is 17.3. The molecule has 4 rings (SSSR count). The van der Waals surface area contributed by atoms with Crippen molar-refractivity contribution in [3.05, 3.63) is 81.8 Å². The molecule has 0 saturated heterocycles. The maximum atomic E-state index is 13.7. The van der Waals surface area contributed by atoms with Crippen molar-refractivity contribution in [3.8, 4) is 11.5 Å². The van der Waals surface area contributed by atoms with Crippen LogP contribution >= 0.6 is 15.9 Å². The quantitative estimate of drug-likeness (QED) is 0.388. The number of aromatic carboxylic acids is 1. The lowest BCUT2D eigenvalue weighted by atomic mass is 10.0. The molecule has 1 heterocycles. The summed E-state index contributed by atoms with van der Waals surface area (Å²) in [5.41, 5.74) is 2.72. The Labute approximate surface area is 206 Å². The Bertz CT molecular complexity index is 1230. The zero-order valence-corrected chi connectivity index (χ0v) is 20.6. The van der Waals surface area contributed by atoms with Gasteiger partial charge in [0.1, 0.15) is 6.17 Å². The fraction of sp³-hybridized carbons (Fsp3) is 0.231. The van der Waals surface area contributed by atoms with Gasteiger partial charge in [0.25, 0.3) is 5.91 Å². The number of benzene rings is 3. The van der Waals surface area contributed by atoms with Gasteiger partial charge < -0.3 is 19.9 Å². The molecule has 3 aromatic carbocycles. The largest absolute Gasteiger partial charge is 0.490 e. The number of rotatable bonds is 7. The van der Waals surface area contributed by atoms with Crippen molar-refractivity contribution in [3.63, 3.8) is 0 Å². The molecule has 0 unspecified atom stereocenters. The van der Waals surface area contributed by atoms with E-state index in [0.717, 1.165) is 10.0 Å². The van der Waals surface area contributed by atoms with Crippen molar-refractivity contribution < 1.29 is 24.2 Å². The number of hydrogen-bond acceptors (Lipinski definition) is 5. The minimum Gasteiger partial charge on any atom is -0.490 e. The van der Waals surface area contributed by atoms with E-state index in [0.29, 0.717) is 35.0 Å². The van der Waals surface area contributed by atoms with Crippen LogP contribution in [0.15, 0.2) is 65.1 Å². The fourth-order valence-electron chi connectivity index (χ4n) is 3.88. The molecule has 1 atom stereocenters. The van der Waals surface area contributed by atoms with Crippen LogP contribution in [0.3, 0.4) is 0 Å². The van der Waals surface area contributed by atoms with Gasteiger partial charge in [-0.05, 0) is 69.3 Å². The van der Waals surface area contributed by atoms with Crippen LogP contribution in [-0.2, 0) is 0 Å². The summed E-state index contributed by atoms with van der Waals surface area (Å²) in [7, 11) is 0. The second-order valence-electron chi connectivity index (χ2n) is 8.04. The van der Waals surface area contributed by atoms with E-state index in [2.05, 4.69) is 21.2 Å². The van der Waals surface area contributed by atoms with Crippen molar-refractivity contribution in [2.24, 2.45) is 0 Å². The Balaban J connectivity index is 1.85. The first-order valence-electron chi connectivity index (χ1n) is 11.0. The third kappa shape index (κ3) is 4.59. The Morgan fingerprint density at radius 1 is 1.12 bits per heavy atom. The van der Waals surface area contributed by atoms with Gasteiger partial charge in [0.2, 0.25) is 0 Å². The normalized spacial score (nSPS) is 15.0. The zero-order chi connectivity index (χ0) is 24.4. The van der Waals surface area contributed by atoms with E-state index in [-0.39, 0.29) is 17.6 Å². The molecule has 176 valence electrons. The lowest BCUT2D eigenvalue weighted by Gasteiger charge is -2.38. The van der Waals surface area contributed by atoms with Crippen molar-refractivity contribution in [2.75, 3.05) is 16.8 Å². The first-order chi connectivity index (χ1) is 16.3. The first-order valence-corrected chi connectivity index (χ1v) is 11.7. The molecule has 0 bridgehead atoms. The molecule has 34 heavy (non-hydrogen) atoms. The number of carboxylic acids is 1. The number of para-hydroxylation sites is 1. The molecule has 1 aliphatic heterocycles. The number of carbonyl (C=O) groups excluding carboxylic acids is 1. The minimum atomic E-state index is -1.03. The molecule has 0 radical (unpaired) electrons. The maximum Gasteiger partial charge on any atom is 0.335 e. The van der Waals surface area contributed by atoms with Crippen molar-refractivity contribution in [1.82, 2.24) is 0 Å². The summed E-state index contributed by atoms with van der Waals surface area (Å²) in [5.74, 6) is -0.0489. The molecule has 0 aromatic heterocycles. The molecule has 7 nitrogen and oxygen atoms in total. The summed E-state index contributed by atoms with van der Waals surface area (Å²) in [6.45, 7) is 6.24. The van der Waals surface area contributed by atoms with Crippen LogP contribution in [0.5, 0.6) is 11.5 Å². The van der Waals surface area contributed by atoms with Crippen LogP contribution in [-0.4, -0.2) is 29.7 Å². The minimum absolute atomic E-state index is 0.0394. The third-order valence-electron chi connectivity index (χ3n) is 5.34. The van der Waals surface area contributed by atoms with Gasteiger partial charge in [-0.15, -0.1) is 0 Å². The van der Waals surface area contributed by atoms with E-state index in [1.165, 1.54) is 12.1 Å². The van der Waals surface area contributed by atoms with Gasteiger partial charge in [-0.25, -0.2) is 4.79 Å². The zero-order valence-electron chi connectivity index (χ0n) is 19.0. The summed E-state index contributed by atoms with van der Waals surface area (Å²) in [5, 5.41) is 12.7. The second kappa shape index (κ2) is 9.77. The summed E-state index contributed by atoms with van der Waals surface area (Å²) in [4.78, 5) is 26.6. The predicted octanol–water partition coefficient (Wildman–Crippen LogP) is 6.10. The number of anilines is 2. The Morgan fingerprint density at radius 2 is 1.82 bits per heavy atom. The van der Waals surface area contributed by atoms with Crippen LogP contribution in [0.2, 0.25) is 0 Å². The van der Waals surface area contributed by atoms with Crippen LogP contribution in [0.4, 0.5) is 11.4 Å². The topological polar surface area (TPSA) is 88.1 Å². The Hall–Kier alpha value is -3.52. The van der Waals surface area contributed by atoms with Gasteiger partial charge in [-0.2, -0.15) is 0 Å². The van der Waals surface area contributed by atoms with Gasteiger partial charge in [-0.3, -0.25) is 9.69 Å². The van der Waals surface area contributed by atoms with Gasteiger partial charge >= 0.3 is 5.97 Å². The van der Waals surface area contributed by atoms with Gasteiger partial charge in [0, 0.05) is 21.4 Å². The molecule has 0 saturated carbocycles. The molecule has 1 amide bonds. The number of carboxylic acid groups (broad SMARTS) is 1. The molecule has 8 heteroatoms. The Kier molecular flexibility index (Phi) is 6.79. The maximum absolute atomic E-state index is 13.7.